The van der Waals surface area contributed by atoms with Gasteiger partial charge in [0, 0.05) is 19.6 Å². The molecule has 0 saturated carbocycles. The van der Waals surface area contributed by atoms with E-state index in [1.807, 2.05) is 13.8 Å². The average molecular weight is 306 g/mol. The Kier molecular flexibility index (Phi) is 4.85. The van der Waals surface area contributed by atoms with Crippen molar-refractivity contribution < 1.29 is 14.4 Å². The van der Waals surface area contributed by atoms with Gasteiger partial charge in [-0.2, -0.15) is 0 Å². The van der Waals surface area contributed by atoms with Crippen molar-refractivity contribution in [2.45, 2.75) is 32.7 Å². The molecule has 0 aromatic carbocycles. The molecule has 22 heavy (non-hydrogen) atoms. The van der Waals surface area contributed by atoms with Crippen molar-refractivity contribution in [1.82, 2.24) is 14.8 Å². The predicted molar refractivity (Wildman–Crippen MR) is 81.3 cm³/mol. The molecule has 120 valence electrons. The largest absolute Gasteiger partial charge is 0.364 e. The molecule has 1 unspecified atom stereocenters. The van der Waals surface area contributed by atoms with Crippen LogP contribution in [0.15, 0.2) is 12.1 Å². The minimum atomic E-state index is -0.615. The Bertz CT molecular complexity index is 577. The molecule has 1 aliphatic heterocycles. The van der Waals surface area contributed by atoms with Crippen LogP contribution in [0.5, 0.6) is 0 Å². The molecule has 2 rings (SSSR count). The minimum Gasteiger partial charge on any atom is -0.364 e. The van der Waals surface area contributed by atoms with E-state index in [-0.39, 0.29) is 23.2 Å². The standard InChI is InChI=1S/C15H22N4O3/c1-3-18(4-2)15(22)12-6-5-9-19(12)14(21)11-8-7-10(17-11)13(16)20/h7-8,12,17H,3-6,9H2,1-2H3,(H2,16,20). The molecule has 1 atom stereocenters. The SMILES string of the molecule is CCN(CC)C(=O)C1CCCN1C(=O)c1ccc(C(N)=O)[nH]1. The summed E-state index contributed by atoms with van der Waals surface area (Å²) >= 11 is 0. The second kappa shape index (κ2) is 6.64. The summed E-state index contributed by atoms with van der Waals surface area (Å²) in [7, 11) is 0. The van der Waals surface area contributed by atoms with Crippen LogP contribution in [0.3, 0.4) is 0 Å². The van der Waals surface area contributed by atoms with Gasteiger partial charge in [-0.3, -0.25) is 14.4 Å². The van der Waals surface area contributed by atoms with E-state index in [1.54, 1.807) is 9.80 Å². The molecule has 0 aliphatic carbocycles. The first-order chi connectivity index (χ1) is 10.5. The number of primary amides is 1. The van der Waals surface area contributed by atoms with Crippen molar-refractivity contribution in [1.29, 1.82) is 0 Å². The number of nitrogens with two attached hydrogens (primary N) is 1. The number of likely N-dealkylation sites (N-methyl/N-ethyl adjacent to an activating group) is 1. The highest BCUT2D eigenvalue weighted by Crippen LogP contribution is 2.22. The van der Waals surface area contributed by atoms with Crippen LogP contribution in [0.2, 0.25) is 0 Å². The molecule has 1 saturated heterocycles. The lowest BCUT2D eigenvalue weighted by atomic mass is 10.2. The fourth-order valence-corrected chi connectivity index (χ4v) is 2.83. The van der Waals surface area contributed by atoms with E-state index in [4.69, 9.17) is 5.73 Å². The van der Waals surface area contributed by atoms with Gasteiger partial charge >= 0.3 is 0 Å². The third-order valence-corrected chi connectivity index (χ3v) is 4.06. The van der Waals surface area contributed by atoms with Crippen LogP contribution in [0.1, 0.15) is 47.7 Å². The molecule has 0 bridgehead atoms. The molecule has 7 nitrogen and oxygen atoms in total. The molecule has 2 heterocycles. The Morgan fingerprint density at radius 2 is 1.91 bits per heavy atom. The first-order valence-corrected chi connectivity index (χ1v) is 7.58. The highest BCUT2D eigenvalue weighted by molar-refractivity contribution is 5.99. The number of aromatic amines is 1. The number of rotatable bonds is 5. The number of nitrogens with one attached hydrogen (secondary N) is 1. The fourth-order valence-electron chi connectivity index (χ4n) is 2.83. The van der Waals surface area contributed by atoms with Gasteiger partial charge in [0.15, 0.2) is 0 Å². The van der Waals surface area contributed by atoms with Crippen molar-refractivity contribution in [2.24, 2.45) is 5.73 Å². The van der Waals surface area contributed by atoms with Crippen LogP contribution < -0.4 is 5.73 Å². The fraction of sp³-hybridized carbons (Fsp3) is 0.533. The number of carbonyl (C=O) groups is 3. The number of hydrogen-bond acceptors (Lipinski definition) is 3. The summed E-state index contributed by atoms with van der Waals surface area (Å²) < 4.78 is 0. The van der Waals surface area contributed by atoms with Crippen molar-refractivity contribution in [3.8, 4) is 0 Å². The summed E-state index contributed by atoms with van der Waals surface area (Å²) in [4.78, 5) is 42.2. The maximum absolute atomic E-state index is 12.6. The van der Waals surface area contributed by atoms with Gasteiger partial charge in [0.1, 0.15) is 17.4 Å². The van der Waals surface area contributed by atoms with E-state index in [0.717, 1.165) is 6.42 Å². The molecule has 1 fully saturated rings. The quantitative estimate of drug-likeness (QED) is 0.832. The van der Waals surface area contributed by atoms with Crippen molar-refractivity contribution >= 4 is 17.7 Å². The number of hydrogen-bond donors (Lipinski definition) is 2. The molecule has 0 spiro atoms. The zero-order valence-electron chi connectivity index (χ0n) is 13.0. The molecule has 7 heteroatoms. The van der Waals surface area contributed by atoms with Crippen molar-refractivity contribution in [3.05, 3.63) is 23.5 Å². The molecule has 1 aliphatic rings. The van der Waals surface area contributed by atoms with Gasteiger partial charge in [0.05, 0.1) is 0 Å². The van der Waals surface area contributed by atoms with Gasteiger partial charge in [-0.25, -0.2) is 0 Å². The third kappa shape index (κ3) is 2.98. The lowest BCUT2D eigenvalue weighted by Crippen LogP contribution is -2.47. The Morgan fingerprint density at radius 3 is 2.45 bits per heavy atom. The zero-order valence-corrected chi connectivity index (χ0v) is 13.0. The summed E-state index contributed by atoms with van der Waals surface area (Å²) in [6, 6.07) is 2.58. The monoisotopic (exact) mass is 306 g/mol. The highest BCUT2D eigenvalue weighted by atomic mass is 16.2. The van der Waals surface area contributed by atoms with E-state index in [0.29, 0.717) is 26.1 Å². The summed E-state index contributed by atoms with van der Waals surface area (Å²) in [5.41, 5.74) is 5.65. The average Bonchev–Trinajstić information content (AvgIpc) is 3.17. The number of aromatic nitrogens is 1. The number of carbonyl (C=O) groups excluding carboxylic acids is 3. The number of likely N-dealkylation sites (tertiary alicyclic amines) is 1. The van der Waals surface area contributed by atoms with Crippen LogP contribution in [0, 0.1) is 0 Å². The first-order valence-electron chi connectivity index (χ1n) is 7.58. The Balaban J connectivity index is 2.17. The van der Waals surface area contributed by atoms with E-state index >= 15 is 0 Å². The Hall–Kier alpha value is -2.31. The van der Waals surface area contributed by atoms with Gasteiger partial charge in [0.2, 0.25) is 5.91 Å². The lowest BCUT2D eigenvalue weighted by Gasteiger charge is -2.28. The summed E-state index contributed by atoms with van der Waals surface area (Å²) in [6.07, 6.45) is 1.47. The topological polar surface area (TPSA) is 99.5 Å². The molecular formula is C15H22N4O3. The molecule has 3 N–H and O–H groups in total. The number of amides is 3. The van der Waals surface area contributed by atoms with Crippen molar-refractivity contribution in [2.75, 3.05) is 19.6 Å². The second-order valence-corrected chi connectivity index (χ2v) is 5.32. The smallest absolute Gasteiger partial charge is 0.270 e. The molecular weight excluding hydrogens is 284 g/mol. The van der Waals surface area contributed by atoms with Crippen LogP contribution in [-0.2, 0) is 4.79 Å². The first kappa shape index (κ1) is 16.1. The summed E-state index contributed by atoms with van der Waals surface area (Å²) in [5.74, 6) is -0.899. The van der Waals surface area contributed by atoms with Gasteiger partial charge in [-0.05, 0) is 38.8 Å². The van der Waals surface area contributed by atoms with Crippen LogP contribution in [-0.4, -0.2) is 58.2 Å². The molecule has 3 amide bonds. The van der Waals surface area contributed by atoms with E-state index in [9.17, 15) is 14.4 Å². The van der Waals surface area contributed by atoms with Crippen LogP contribution in [0.25, 0.3) is 0 Å². The predicted octanol–water partition coefficient (Wildman–Crippen LogP) is 0.587. The Morgan fingerprint density at radius 1 is 1.27 bits per heavy atom. The van der Waals surface area contributed by atoms with Crippen molar-refractivity contribution in [3.63, 3.8) is 0 Å². The Labute approximate surface area is 129 Å². The minimum absolute atomic E-state index is 0.0162. The molecule has 1 aromatic heterocycles. The van der Waals surface area contributed by atoms with E-state index in [1.165, 1.54) is 12.1 Å². The van der Waals surface area contributed by atoms with Gasteiger partial charge in [0.25, 0.3) is 11.8 Å². The zero-order chi connectivity index (χ0) is 16.3. The van der Waals surface area contributed by atoms with E-state index < -0.39 is 11.9 Å². The third-order valence-electron chi connectivity index (χ3n) is 4.06. The maximum Gasteiger partial charge on any atom is 0.270 e. The lowest BCUT2D eigenvalue weighted by molar-refractivity contribution is -0.134. The van der Waals surface area contributed by atoms with E-state index in [2.05, 4.69) is 4.98 Å². The highest BCUT2D eigenvalue weighted by Gasteiger charge is 2.36. The summed E-state index contributed by atoms with van der Waals surface area (Å²) in [6.45, 7) is 5.64. The normalized spacial score (nSPS) is 17.5. The second-order valence-electron chi connectivity index (χ2n) is 5.32. The van der Waals surface area contributed by atoms with Gasteiger partial charge in [-0.1, -0.05) is 0 Å². The molecule has 0 radical (unpaired) electrons. The molecule has 1 aromatic rings. The van der Waals surface area contributed by atoms with Gasteiger partial charge in [-0.15, -0.1) is 0 Å². The maximum atomic E-state index is 12.6. The van der Waals surface area contributed by atoms with Crippen LogP contribution >= 0.6 is 0 Å². The summed E-state index contributed by atoms with van der Waals surface area (Å²) in [5, 5.41) is 0. The number of H-pyrrole nitrogens is 1. The van der Waals surface area contributed by atoms with Gasteiger partial charge < -0.3 is 20.5 Å². The van der Waals surface area contributed by atoms with Crippen LogP contribution in [0.4, 0.5) is 0 Å². The number of nitrogens with zero attached hydrogens (tertiary/aromatic N) is 2.